The van der Waals surface area contributed by atoms with Crippen molar-refractivity contribution in [2.75, 3.05) is 39.5 Å². The number of alkyl halides is 2. The summed E-state index contributed by atoms with van der Waals surface area (Å²) in [5.41, 5.74) is 0.319. The molecule has 1 aromatic heterocycles. The Hall–Kier alpha value is -2.58. The first-order chi connectivity index (χ1) is 17.5. The normalized spacial score (nSPS) is 20.7. The van der Waals surface area contributed by atoms with Crippen LogP contribution in [-0.2, 0) is 6.42 Å². The standard InChI is InChI=1S/C29H35F4N3O/c1-28(2,33)17-36-27(26-21(13-29(36,3)4)20-7-5-6-8-24(20)34-26)25-22(31)11-19(12-23(25)32)37-10-9-35-15-18(14-30)16-35/h5-8,11-12,18,27,34H,9-10,13-17H2,1-4H3/t27-/m0/s1. The molecule has 3 aromatic rings. The van der Waals surface area contributed by atoms with Crippen LogP contribution < -0.4 is 4.74 Å². The van der Waals surface area contributed by atoms with Gasteiger partial charge in [0.1, 0.15) is 29.7 Å². The van der Waals surface area contributed by atoms with E-state index >= 15 is 13.2 Å². The minimum absolute atomic E-state index is 0.00626. The van der Waals surface area contributed by atoms with E-state index in [-0.39, 0.29) is 37.1 Å². The third-order valence-electron chi connectivity index (χ3n) is 7.62. The minimum atomic E-state index is -1.58. The molecule has 8 heteroatoms. The predicted molar refractivity (Wildman–Crippen MR) is 138 cm³/mol. The molecule has 2 aromatic carbocycles. The van der Waals surface area contributed by atoms with Gasteiger partial charge in [-0.2, -0.15) is 0 Å². The third-order valence-corrected chi connectivity index (χ3v) is 7.62. The van der Waals surface area contributed by atoms with E-state index in [2.05, 4.69) is 4.98 Å². The molecule has 37 heavy (non-hydrogen) atoms. The largest absolute Gasteiger partial charge is 0.492 e. The smallest absolute Gasteiger partial charge is 0.135 e. The first-order valence-corrected chi connectivity index (χ1v) is 12.9. The SMILES string of the molecule is CC(C)(F)CN1[C@@H](c2c(F)cc(OCCN3CC(CF)C3)cc2F)c2[nH]c3ccccc3c2CC1(C)C. The summed E-state index contributed by atoms with van der Waals surface area (Å²) in [6.45, 7) is 8.79. The van der Waals surface area contributed by atoms with Crippen LogP contribution >= 0.6 is 0 Å². The Morgan fingerprint density at radius 2 is 1.78 bits per heavy atom. The number of H-pyrrole nitrogens is 1. The maximum Gasteiger partial charge on any atom is 0.135 e. The molecule has 0 aliphatic carbocycles. The second-order valence-corrected chi connectivity index (χ2v) is 11.7. The van der Waals surface area contributed by atoms with Crippen LogP contribution in [0.25, 0.3) is 10.9 Å². The van der Waals surface area contributed by atoms with Gasteiger partial charge in [0.2, 0.25) is 0 Å². The summed E-state index contributed by atoms with van der Waals surface area (Å²) < 4.78 is 64.9. The fraction of sp³-hybridized carbons (Fsp3) is 0.517. The average molecular weight is 518 g/mol. The molecule has 4 nitrogen and oxygen atoms in total. The van der Waals surface area contributed by atoms with Gasteiger partial charge < -0.3 is 9.72 Å². The number of nitrogens with one attached hydrogen (secondary N) is 1. The van der Waals surface area contributed by atoms with Crippen LogP contribution in [0.5, 0.6) is 5.75 Å². The van der Waals surface area contributed by atoms with Crippen LogP contribution in [0.15, 0.2) is 36.4 Å². The highest BCUT2D eigenvalue weighted by molar-refractivity contribution is 5.85. The monoisotopic (exact) mass is 517 g/mol. The van der Waals surface area contributed by atoms with E-state index in [1.807, 2.05) is 47.9 Å². The van der Waals surface area contributed by atoms with Crippen LogP contribution in [0.1, 0.15) is 50.6 Å². The van der Waals surface area contributed by atoms with Gasteiger partial charge in [0, 0.05) is 71.9 Å². The van der Waals surface area contributed by atoms with E-state index in [9.17, 15) is 4.39 Å². The van der Waals surface area contributed by atoms with Crippen molar-refractivity contribution in [3.05, 3.63) is 64.9 Å². The number of benzene rings is 2. The summed E-state index contributed by atoms with van der Waals surface area (Å²) in [5, 5.41) is 1.01. The Labute approximate surface area is 215 Å². The summed E-state index contributed by atoms with van der Waals surface area (Å²) in [6, 6.07) is 9.39. The van der Waals surface area contributed by atoms with Crippen molar-refractivity contribution in [1.29, 1.82) is 0 Å². The molecule has 0 bridgehead atoms. The summed E-state index contributed by atoms with van der Waals surface area (Å²) in [5.74, 6) is -1.29. The van der Waals surface area contributed by atoms with Crippen LogP contribution in [0.2, 0.25) is 0 Å². The molecule has 5 rings (SSSR count). The molecule has 0 unspecified atom stereocenters. The maximum atomic E-state index is 15.8. The molecule has 0 saturated carbocycles. The zero-order valence-electron chi connectivity index (χ0n) is 21.9. The number of likely N-dealkylation sites (tertiary alicyclic amines) is 1. The van der Waals surface area contributed by atoms with Gasteiger partial charge in [0.05, 0.1) is 12.7 Å². The number of nitrogens with zero attached hydrogens (tertiary/aromatic N) is 2. The predicted octanol–water partition coefficient (Wildman–Crippen LogP) is 6.20. The molecule has 1 N–H and O–H groups in total. The summed E-state index contributed by atoms with van der Waals surface area (Å²) in [7, 11) is 0. The van der Waals surface area contributed by atoms with E-state index in [1.165, 1.54) is 26.0 Å². The van der Waals surface area contributed by atoms with Gasteiger partial charge in [0.25, 0.3) is 0 Å². The molecule has 1 atom stereocenters. The molecule has 0 spiro atoms. The van der Waals surface area contributed by atoms with Gasteiger partial charge in [0.15, 0.2) is 0 Å². The van der Waals surface area contributed by atoms with Crippen LogP contribution in [0.4, 0.5) is 17.6 Å². The zero-order valence-corrected chi connectivity index (χ0v) is 21.9. The number of aromatic nitrogens is 1. The van der Waals surface area contributed by atoms with E-state index in [4.69, 9.17) is 4.74 Å². The van der Waals surface area contributed by atoms with Crippen LogP contribution in [-0.4, -0.2) is 65.5 Å². The lowest BCUT2D eigenvalue weighted by Crippen LogP contribution is -2.55. The van der Waals surface area contributed by atoms with Gasteiger partial charge in [-0.1, -0.05) is 18.2 Å². The molecule has 2 aliphatic heterocycles. The molecule has 0 amide bonds. The highest BCUT2D eigenvalue weighted by Crippen LogP contribution is 2.47. The third kappa shape index (κ3) is 5.10. The van der Waals surface area contributed by atoms with Crippen LogP contribution in [0, 0.1) is 17.6 Å². The first kappa shape index (κ1) is 26.0. The highest BCUT2D eigenvalue weighted by Gasteiger charge is 2.46. The Morgan fingerprint density at radius 3 is 2.43 bits per heavy atom. The fourth-order valence-corrected chi connectivity index (χ4v) is 5.85. The topological polar surface area (TPSA) is 31.5 Å². The Morgan fingerprint density at radius 1 is 1.11 bits per heavy atom. The molecular formula is C29H35F4N3O. The maximum absolute atomic E-state index is 15.8. The molecule has 1 saturated heterocycles. The van der Waals surface area contributed by atoms with E-state index in [0.29, 0.717) is 31.7 Å². The molecule has 200 valence electrons. The molecule has 3 heterocycles. The molecule has 1 fully saturated rings. The highest BCUT2D eigenvalue weighted by atomic mass is 19.1. The van der Waals surface area contributed by atoms with Crippen LogP contribution in [0.3, 0.4) is 0 Å². The second-order valence-electron chi connectivity index (χ2n) is 11.7. The number of ether oxygens (including phenoxy) is 1. The number of para-hydroxylation sites is 1. The van der Waals surface area contributed by atoms with Gasteiger partial charge in [-0.15, -0.1) is 0 Å². The van der Waals surface area contributed by atoms with E-state index < -0.39 is 28.9 Å². The minimum Gasteiger partial charge on any atom is -0.492 e. The number of aromatic amines is 1. The number of rotatable bonds is 8. The van der Waals surface area contributed by atoms with Crippen molar-refractivity contribution >= 4 is 10.9 Å². The molecule has 0 radical (unpaired) electrons. The Bertz CT molecular complexity index is 1250. The number of fused-ring (bicyclic) bond motifs is 3. The summed E-state index contributed by atoms with van der Waals surface area (Å²) in [6.07, 6.45) is 0.614. The first-order valence-electron chi connectivity index (χ1n) is 12.9. The van der Waals surface area contributed by atoms with Crippen molar-refractivity contribution in [3.8, 4) is 5.75 Å². The lowest BCUT2D eigenvalue weighted by molar-refractivity contribution is 0.0150. The van der Waals surface area contributed by atoms with Gasteiger partial charge >= 0.3 is 0 Å². The van der Waals surface area contributed by atoms with Gasteiger partial charge in [-0.05, 0) is 45.7 Å². The second kappa shape index (κ2) is 9.62. The van der Waals surface area contributed by atoms with E-state index in [1.54, 1.807) is 0 Å². The molecule has 2 aliphatic rings. The average Bonchev–Trinajstić information content (AvgIpc) is 3.13. The fourth-order valence-electron chi connectivity index (χ4n) is 5.85. The summed E-state index contributed by atoms with van der Waals surface area (Å²) in [4.78, 5) is 7.31. The van der Waals surface area contributed by atoms with Gasteiger partial charge in [-0.25, -0.2) is 13.2 Å². The van der Waals surface area contributed by atoms with E-state index in [0.717, 1.165) is 16.5 Å². The van der Waals surface area contributed by atoms with Crippen molar-refractivity contribution in [2.45, 2.75) is 51.4 Å². The lowest BCUT2D eigenvalue weighted by Gasteiger charge is -2.49. The van der Waals surface area contributed by atoms with Crippen molar-refractivity contribution in [2.24, 2.45) is 5.92 Å². The Balaban J connectivity index is 1.50. The quantitative estimate of drug-likeness (QED) is 0.361. The van der Waals surface area contributed by atoms with Crippen molar-refractivity contribution in [3.63, 3.8) is 0 Å². The Kier molecular flexibility index (Phi) is 6.77. The number of halogens is 4. The molecular weight excluding hydrogens is 482 g/mol. The number of hydrogen-bond donors (Lipinski definition) is 1. The lowest BCUT2D eigenvalue weighted by atomic mass is 9.80. The summed E-state index contributed by atoms with van der Waals surface area (Å²) >= 11 is 0. The van der Waals surface area contributed by atoms with Crippen molar-refractivity contribution in [1.82, 2.24) is 14.8 Å². The number of hydrogen-bond acceptors (Lipinski definition) is 3. The van der Waals surface area contributed by atoms with Gasteiger partial charge in [-0.3, -0.25) is 14.2 Å². The van der Waals surface area contributed by atoms with Crippen molar-refractivity contribution < 1.29 is 22.3 Å². The zero-order chi connectivity index (χ0) is 26.5.